The molecule has 0 aliphatic heterocycles. The number of ether oxygens (including phenoxy) is 1. The minimum Gasteiger partial charge on any atom is -0.494 e. The molecule has 0 bridgehead atoms. The van der Waals surface area contributed by atoms with Gasteiger partial charge in [0.1, 0.15) is 0 Å². The van der Waals surface area contributed by atoms with Crippen molar-refractivity contribution in [2.45, 2.75) is 25.9 Å². The van der Waals surface area contributed by atoms with Crippen molar-refractivity contribution in [1.82, 2.24) is 10.1 Å². The van der Waals surface area contributed by atoms with Crippen molar-refractivity contribution in [1.29, 1.82) is 0 Å². The van der Waals surface area contributed by atoms with E-state index < -0.39 is 11.9 Å². The van der Waals surface area contributed by atoms with Crippen LogP contribution < -0.4 is 4.74 Å². The Kier molecular flexibility index (Phi) is 4.11. The average Bonchev–Trinajstić information content (AvgIpc) is 2.86. The maximum atomic E-state index is 13.3. The molecular weight excluding hydrogens is 251 g/mol. The lowest BCUT2D eigenvalue weighted by atomic mass is 10.2. The Morgan fingerprint density at radius 2 is 2.26 bits per heavy atom. The van der Waals surface area contributed by atoms with Crippen molar-refractivity contribution < 1.29 is 18.8 Å². The topological polar surface area (TPSA) is 68.4 Å². The van der Waals surface area contributed by atoms with E-state index in [-0.39, 0.29) is 5.75 Å². The number of halogens is 1. The summed E-state index contributed by atoms with van der Waals surface area (Å²) < 4.78 is 23.2. The molecule has 0 spiro atoms. The third-order valence-corrected chi connectivity index (χ3v) is 2.65. The van der Waals surface area contributed by atoms with Crippen LogP contribution in [0.2, 0.25) is 0 Å². The molecule has 1 N–H and O–H groups in total. The largest absolute Gasteiger partial charge is 0.494 e. The van der Waals surface area contributed by atoms with E-state index in [0.717, 1.165) is 0 Å². The van der Waals surface area contributed by atoms with Crippen LogP contribution in [0.1, 0.15) is 19.2 Å². The molecule has 6 heteroatoms. The summed E-state index contributed by atoms with van der Waals surface area (Å²) in [5.41, 5.74) is 0.616. The van der Waals surface area contributed by atoms with Gasteiger partial charge in [0.15, 0.2) is 11.6 Å². The number of aliphatic hydroxyl groups is 1. The van der Waals surface area contributed by atoms with Gasteiger partial charge in [0.2, 0.25) is 11.7 Å². The predicted octanol–water partition coefficient (Wildman–Crippen LogP) is 2.20. The molecule has 1 heterocycles. The molecule has 19 heavy (non-hydrogen) atoms. The van der Waals surface area contributed by atoms with Gasteiger partial charge < -0.3 is 14.4 Å². The van der Waals surface area contributed by atoms with Crippen LogP contribution in [-0.2, 0) is 6.42 Å². The van der Waals surface area contributed by atoms with Gasteiger partial charge in [0.25, 0.3) is 0 Å². The summed E-state index contributed by atoms with van der Waals surface area (Å²) in [6, 6.07) is 4.36. The molecule has 1 atom stereocenters. The van der Waals surface area contributed by atoms with Gasteiger partial charge >= 0.3 is 0 Å². The zero-order valence-corrected chi connectivity index (χ0v) is 10.8. The summed E-state index contributed by atoms with van der Waals surface area (Å²) in [5.74, 6) is 0.509. The van der Waals surface area contributed by atoms with Gasteiger partial charge in [-0.25, -0.2) is 4.39 Å². The lowest BCUT2D eigenvalue weighted by molar-refractivity contribution is 0.180. The summed E-state index contributed by atoms with van der Waals surface area (Å²) in [6.07, 6.45) is 0.637. The van der Waals surface area contributed by atoms with E-state index >= 15 is 0 Å². The monoisotopic (exact) mass is 266 g/mol. The molecule has 102 valence electrons. The van der Waals surface area contributed by atoms with Crippen molar-refractivity contribution in [2.75, 3.05) is 7.11 Å². The van der Waals surface area contributed by atoms with Crippen LogP contribution in [0.5, 0.6) is 5.75 Å². The number of rotatable bonds is 5. The Balaban J connectivity index is 2.18. The van der Waals surface area contributed by atoms with Crippen LogP contribution in [0.25, 0.3) is 11.4 Å². The van der Waals surface area contributed by atoms with Crippen LogP contribution in [0, 0.1) is 5.82 Å². The number of nitrogens with zero attached hydrogens (tertiary/aromatic N) is 2. The quantitative estimate of drug-likeness (QED) is 0.898. The van der Waals surface area contributed by atoms with E-state index in [1.165, 1.54) is 19.2 Å². The molecule has 0 fully saturated rings. The Bertz CT molecular complexity index is 555. The van der Waals surface area contributed by atoms with Crippen molar-refractivity contribution >= 4 is 0 Å². The third-order valence-electron chi connectivity index (χ3n) is 2.65. The van der Waals surface area contributed by atoms with Crippen LogP contribution in [-0.4, -0.2) is 28.5 Å². The molecule has 0 aliphatic carbocycles. The molecular formula is C13H15FN2O3. The highest BCUT2D eigenvalue weighted by atomic mass is 19.1. The van der Waals surface area contributed by atoms with Crippen molar-refractivity contribution in [3.63, 3.8) is 0 Å². The number of benzene rings is 1. The highest BCUT2D eigenvalue weighted by molar-refractivity contribution is 5.57. The maximum Gasteiger partial charge on any atom is 0.227 e. The van der Waals surface area contributed by atoms with E-state index in [4.69, 9.17) is 9.26 Å². The molecule has 1 aromatic carbocycles. The van der Waals surface area contributed by atoms with E-state index in [2.05, 4.69) is 10.1 Å². The van der Waals surface area contributed by atoms with Crippen LogP contribution >= 0.6 is 0 Å². The summed E-state index contributed by atoms with van der Waals surface area (Å²) in [5, 5.41) is 13.0. The van der Waals surface area contributed by atoms with Gasteiger partial charge in [-0.05, 0) is 31.5 Å². The second-order valence-corrected chi connectivity index (χ2v) is 4.25. The van der Waals surface area contributed by atoms with Crippen molar-refractivity contribution in [3.05, 3.63) is 29.9 Å². The fourth-order valence-corrected chi connectivity index (χ4v) is 1.60. The number of aromatic nitrogens is 2. The minimum atomic E-state index is -0.441. The van der Waals surface area contributed by atoms with Crippen LogP contribution in [0.15, 0.2) is 22.7 Å². The van der Waals surface area contributed by atoms with Crippen molar-refractivity contribution in [3.8, 4) is 17.1 Å². The molecule has 1 aromatic heterocycles. The Morgan fingerprint density at radius 1 is 1.47 bits per heavy atom. The maximum absolute atomic E-state index is 13.3. The minimum absolute atomic E-state index is 0.132. The Hall–Kier alpha value is -1.95. The summed E-state index contributed by atoms with van der Waals surface area (Å²) in [4.78, 5) is 4.19. The summed E-state index contributed by atoms with van der Waals surface area (Å²) in [6.45, 7) is 1.70. The van der Waals surface area contributed by atoms with Gasteiger partial charge in [-0.3, -0.25) is 0 Å². The first-order valence-electron chi connectivity index (χ1n) is 5.94. The lowest BCUT2D eigenvalue weighted by Gasteiger charge is -2.02. The van der Waals surface area contributed by atoms with E-state index in [9.17, 15) is 9.50 Å². The molecule has 0 saturated heterocycles. The first-order valence-corrected chi connectivity index (χ1v) is 5.94. The van der Waals surface area contributed by atoms with E-state index in [1.54, 1.807) is 13.0 Å². The van der Waals surface area contributed by atoms with E-state index in [0.29, 0.717) is 30.1 Å². The Morgan fingerprint density at radius 3 is 2.95 bits per heavy atom. The van der Waals surface area contributed by atoms with Gasteiger partial charge in [-0.2, -0.15) is 4.98 Å². The number of aliphatic hydroxyl groups excluding tert-OH is 1. The van der Waals surface area contributed by atoms with Crippen LogP contribution in [0.3, 0.4) is 0 Å². The SMILES string of the molecule is COc1cc(-c2noc(CCC(C)O)n2)ccc1F. The summed E-state index contributed by atoms with van der Waals surface area (Å²) in [7, 11) is 1.40. The Labute approximate surface area is 110 Å². The fourth-order valence-electron chi connectivity index (χ4n) is 1.60. The zero-order valence-electron chi connectivity index (χ0n) is 10.8. The molecule has 2 aromatic rings. The number of aryl methyl sites for hydroxylation is 1. The molecule has 5 nitrogen and oxygen atoms in total. The van der Waals surface area contributed by atoms with Gasteiger partial charge in [-0.1, -0.05) is 5.16 Å². The fraction of sp³-hybridized carbons (Fsp3) is 0.385. The number of methoxy groups -OCH3 is 1. The normalized spacial score (nSPS) is 12.4. The zero-order chi connectivity index (χ0) is 13.8. The first kappa shape index (κ1) is 13.5. The standard InChI is InChI=1S/C13H15FN2O3/c1-8(17)3-6-12-15-13(16-19-12)9-4-5-10(14)11(7-9)18-2/h4-5,7-8,17H,3,6H2,1-2H3. The predicted molar refractivity (Wildman–Crippen MR) is 66.2 cm³/mol. The van der Waals surface area contributed by atoms with E-state index in [1.807, 2.05) is 0 Å². The smallest absolute Gasteiger partial charge is 0.227 e. The second-order valence-electron chi connectivity index (χ2n) is 4.25. The molecule has 0 radical (unpaired) electrons. The van der Waals surface area contributed by atoms with Crippen molar-refractivity contribution in [2.24, 2.45) is 0 Å². The van der Waals surface area contributed by atoms with Crippen LogP contribution in [0.4, 0.5) is 4.39 Å². The molecule has 0 saturated carbocycles. The molecule has 0 aliphatic rings. The summed E-state index contributed by atoms with van der Waals surface area (Å²) >= 11 is 0. The molecule has 2 rings (SSSR count). The van der Waals surface area contributed by atoms with Gasteiger partial charge in [-0.15, -0.1) is 0 Å². The highest BCUT2D eigenvalue weighted by Gasteiger charge is 2.12. The molecule has 1 unspecified atom stereocenters. The average molecular weight is 266 g/mol. The highest BCUT2D eigenvalue weighted by Crippen LogP contribution is 2.24. The molecule has 0 amide bonds. The van der Waals surface area contributed by atoms with Gasteiger partial charge in [0.05, 0.1) is 13.2 Å². The second kappa shape index (κ2) is 5.79. The van der Waals surface area contributed by atoms with Gasteiger partial charge in [0, 0.05) is 12.0 Å². The number of hydrogen-bond donors (Lipinski definition) is 1. The number of hydrogen-bond acceptors (Lipinski definition) is 5. The lowest BCUT2D eigenvalue weighted by Crippen LogP contribution is -2.01. The third kappa shape index (κ3) is 3.29. The first-order chi connectivity index (χ1) is 9.10.